The predicted octanol–water partition coefficient (Wildman–Crippen LogP) is 1.31. The van der Waals surface area contributed by atoms with E-state index in [1.54, 1.807) is 0 Å². The van der Waals surface area contributed by atoms with Gasteiger partial charge in [-0.2, -0.15) is 0 Å². The number of aldehydes is 1. The molecule has 19 heavy (non-hydrogen) atoms. The molecule has 0 spiro atoms. The molecule has 2 unspecified atom stereocenters. The summed E-state index contributed by atoms with van der Waals surface area (Å²) in [6, 6.07) is 6.16. The fraction of sp³-hybridized carbons (Fsp3) is 0.533. The van der Waals surface area contributed by atoms with Gasteiger partial charge in [0.2, 0.25) is 0 Å². The van der Waals surface area contributed by atoms with Gasteiger partial charge in [-0.1, -0.05) is 11.6 Å². The van der Waals surface area contributed by atoms with Crippen molar-refractivity contribution in [3.05, 3.63) is 29.3 Å². The lowest BCUT2D eigenvalue weighted by atomic mass is 10.1. The van der Waals surface area contributed by atoms with E-state index in [-0.39, 0.29) is 12.1 Å². The second kappa shape index (κ2) is 5.72. The Morgan fingerprint density at radius 1 is 1.47 bits per heavy atom. The minimum Gasteiger partial charge on any atom is -0.391 e. The van der Waals surface area contributed by atoms with Crippen molar-refractivity contribution < 1.29 is 9.90 Å². The van der Waals surface area contributed by atoms with E-state index < -0.39 is 0 Å². The SMILES string of the molecule is Cc1ccc(N2CC(O)CC2CN(C)C)c(C=O)c1. The first kappa shape index (κ1) is 14.0. The number of hydrogen-bond donors (Lipinski definition) is 1. The maximum atomic E-state index is 11.2. The Labute approximate surface area is 114 Å². The van der Waals surface area contributed by atoms with Gasteiger partial charge >= 0.3 is 0 Å². The molecule has 1 aliphatic rings. The topological polar surface area (TPSA) is 43.8 Å². The highest BCUT2D eigenvalue weighted by Crippen LogP contribution is 2.29. The molecule has 4 heteroatoms. The number of β-amino-alcohol motifs (C(OH)–C–C–N with tert-alkyl or cyclic N) is 1. The molecular weight excluding hydrogens is 240 g/mol. The molecule has 0 amide bonds. The summed E-state index contributed by atoms with van der Waals surface area (Å²) in [5, 5.41) is 9.91. The monoisotopic (exact) mass is 262 g/mol. The van der Waals surface area contributed by atoms with Gasteiger partial charge in [0.1, 0.15) is 0 Å². The van der Waals surface area contributed by atoms with E-state index in [1.165, 1.54) is 0 Å². The van der Waals surface area contributed by atoms with Crippen LogP contribution in [0.5, 0.6) is 0 Å². The van der Waals surface area contributed by atoms with Crippen molar-refractivity contribution in [2.24, 2.45) is 0 Å². The highest BCUT2D eigenvalue weighted by molar-refractivity contribution is 5.85. The standard InChI is InChI=1S/C15H22N2O2/c1-11-4-5-15(12(6-11)10-18)17-9-14(19)7-13(17)8-16(2)3/h4-6,10,13-14,19H,7-9H2,1-3H3. The zero-order chi connectivity index (χ0) is 14.0. The number of aliphatic hydroxyl groups excluding tert-OH is 1. The van der Waals surface area contributed by atoms with E-state index in [4.69, 9.17) is 0 Å². The van der Waals surface area contributed by atoms with Crippen LogP contribution in [0.2, 0.25) is 0 Å². The largest absolute Gasteiger partial charge is 0.391 e. The molecule has 1 saturated heterocycles. The molecule has 0 saturated carbocycles. The molecule has 0 radical (unpaired) electrons. The summed E-state index contributed by atoms with van der Waals surface area (Å²) in [4.78, 5) is 15.5. The van der Waals surface area contributed by atoms with Crippen LogP contribution in [0.4, 0.5) is 5.69 Å². The number of aliphatic hydroxyl groups is 1. The molecule has 0 aliphatic carbocycles. The van der Waals surface area contributed by atoms with E-state index in [1.807, 2.05) is 39.2 Å². The minimum absolute atomic E-state index is 0.256. The number of carbonyl (C=O) groups is 1. The molecule has 0 bridgehead atoms. The molecule has 1 fully saturated rings. The summed E-state index contributed by atoms with van der Waals surface area (Å²) in [6.07, 6.45) is 1.34. The average Bonchev–Trinajstić information content (AvgIpc) is 2.69. The maximum absolute atomic E-state index is 11.2. The normalized spacial score (nSPS) is 23.1. The van der Waals surface area contributed by atoms with E-state index in [0.29, 0.717) is 12.1 Å². The fourth-order valence-corrected chi connectivity index (χ4v) is 2.81. The second-order valence-electron chi connectivity index (χ2n) is 5.64. The van der Waals surface area contributed by atoms with Gasteiger partial charge in [-0.15, -0.1) is 0 Å². The van der Waals surface area contributed by atoms with Gasteiger partial charge in [0.15, 0.2) is 6.29 Å². The molecule has 104 valence electrons. The number of rotatable bonds is 4. The maximum Gasteiger partial charge on any atom is 0.152 e. The van der Waals surface area contributed by atoms with Crippen molar-refractivity contribution in [1.82, 2.24) is 4.90 Å². The van der Waals surface area contributed by atoms with Crippen LogP contribution >= 0.6 is 0 Å². The van der Waals surface area contributed by atoms with Gasteiger partial charge in [0.05, 0.1) is 6.10 Å². The predicted molar refractivity (Wildman–Crippen MR) is 76.9 cm³/mol. The number of hydrogen-bond acceptors (Lipinski definition) is 4. The zero-order valence-electron chi connectivity index (χ0n) is 11.8. The lowest BCUT2D eigenvalue weighted by Gasteiger charge is -2.29. The highest BCUT2D eigenvalue weighted by Gasteiger charge is 2.32. The Balaban J connectivity index is 2.30. The van der Waals surface area contributed by atoms with Crippen molar-refractivity contribution in [2.75, 3.05) is 32.1 Å². The van der Waals surface area contributed by atoms with Crippen LogP contribution < -0.4 is 4.90 Å². The molecule has 0 aromatic heterocycles. The van der Waals surface area contributed by atoms with Crippen LogP contribution in [0.15, 0.2) is 18.2 Å². The number of nitrogens with zero attached hydrogens (tertiary/aromatic N) is 2. The average molecular weight is 262 g/mol. The van der Waals surface area contributed by atoms with E-state index in [0.717, 1.165) is 30.5 Å². The molecule has 2 rings (SSSR count). The summed E-state index contributed by atoms with van der Waals surface area (Å²) in [6.45, 7) is 3.46. The Hall–Kier alpha value is -1.39. The van der Waals surface area contributed by atoms with Crippen LogP contribution in [0.1, 0.15) is 22.3 Å². The summed E-state index contributed by atoms with van der Waals surface area (Å²) >= 11 is 0. The van der Waals surface area contributed by atoms with Gasteiger partial charge in [-0.3, -0.25) is 4.79 Å². The van der Waals surface area contributed by atoms with Crippen molar-refractivity contribution in [3.8, 4) is 0 Å². The quantitative estimate of drug-likeness (QED) is 0.831. The van der Waals surface area contributed by atoms with Gasteiger partial charge in [0, 0.05) is 30.4 Å². The number of carbonyl (C=O) groups excluding carboxylic acids is 1. The molecule has 4 nitrogen and oxygen atoms in total. The van der Waals surface area contributed by atoms with Gasteiger partial charge in [-0.25, -0.2) is 0 Å². The van der Waals surface area contributed by atoms with Crippen molar-refractivity contribution in [2.45, 2.75) is 25.5 Å². The Bertz CT molecular complexity index is 459. The first-order valence-corrected chi connectivity index (χ1v) is 6.66. The van der Waals surface area contributed by atoms with Crippen LogP contribution in [0.25, 0.3) is 0 Å². The van der Waals surface area contributed by atoms with Crippen molar-refractivity contribution >= 4 is 12.0 Å². The van der Waals surface area contributed by atoms with Crippen LogP contribution in [-0.2, 0) is 0 Å². The fourth-order valence-electron chi connectivity index (χ4n) is 2.81. The molecule has 1 aromatic rings. The van der Waals surface area contributed by atoms with Crippen LogP contribution in [0.3, 0.4) is 0 Å². The number of likely N-dealkylation sites (N-methyl/N-ethyl adjacent to an activating group) is 1. The third-order valence-corrected chi connectivity index (χ3v) is 3.59. The number of anilines is 1. The Morgan fingerprint density at radius 2 is 2.21 bits per heavy atom. The highest BCUT2D eigenvalue weighted by atomic mass is 16.3. The summed E-state index contributed by atoms with van der Waals surface area (Å²) in [7, 11) is 4.05. The molecule has 2 atom stereocenters. The first-order chi connectivity index (χ1) is 9.01. The van der Waals surface area contributed by atoms with Gasteiger partial charge in [-0.05, 0) is 39.6 Å². The van der Waals surface area contributed by atoms with E-state index in [2.05, 4.69) is 9.80 Å². The summed E-state index contributed by atoms with van der Waals surface area (Å²) in [5.41, 5.74) is 2.72. The second-order valence-corrected chi connectivity index (χ2v) is 5.64. The third kappa shape index (κ3) is 3.14. The smallest absolute Gasteiger partial charge is 0.152 e. The zero-order valence-corrected chi connectivity index (χ0v) is 11.8. The van der Waals surface area contributed by atoms with E-state index in [9.17, 15) is 9.90 Å². The molecular formula is C15H22N2O2. The Morgan fingerprint density at radius 3 is 2.84 bits per heavy atom. The third-order valence-electron chi connectivity index (χ3n) is 3.59. The molecule has 1 aromatic carbocycles. The Kier molecular flexibility index (Phi) is 4.22. The number of benzene rings is 1. The lowest BCUT2D eigenvalue weighted by Crippen LogP contribution is -2.38. The molecule has 1 heterocycles. The molecule has 1 N–H and O–H groups in total. The molecule has 1 aliphatic heterocycles. The van der Waals surface area contributed by atoms with Crippen molar-refractivity contribution in [3.63, 3.8) is 0 Å². The lowest BCUT2D eigenvalue weighted by molar-refractivity contribution is 0.112. The number of aryl methyl sites for hydroxylation is 1. The minimum atomic E-state index is -0.314. The van der Waals surface area contributed by atoms with Gasteiger partial charge in [0.25, 0.3) is 0 Å². The van der Waals surface area contributed by atoms with Crippen LogP contribution in [-0.4, -0.2) is 55.6 Å². The van der Waals surface area contributed by atoms with Crippen LogP contribution in [0, 0.1) is 6.92 Å². The first-order valence-electron chi connectivity index (χ1n) is 6.66. The van der Waals surface area contributed by atoms with Crippen molar-refractivity contribution in [1.29, 1.82) is 0 Å². The summed E-state index contributed by atoms with van der Waals surface area (Å²) < 4.78 is 0. The summed E-state index contributed by atoms with van der Waals surface area (Å²) in [5.74, 6) is 0. The van der Waals surface area contributed by atoms with Gasteiger partial charge < -0.3 is 14.9 Å². The van der Waals surface area contributed by atoms with E-state index >= 15 is 0 Å².